The van der Waals surface area contributed by atoms with Gasteiger partial charge in [-0.3, -0.25) is 9.59 Å². The highest BCUT2D eigenvalue weighted by Gasteiger charge is 2.27. The van der Waals surface area contributed by atoms with Gasteiger partial charge in [-0.05, 0) is 42.7 Å². The van der Waals surface area contributed by atoms with Gasteiger partial charge >= 0.3 is 0 Å². The molecule has 2 heterocycles. The van der Waals surface area contributed by atoms with Crippen molar-refractivity contribution in [3.63, 3.8) is 0 Å². The Morgan fingerprint density at radius 2 is 1.86 bits per heavy atom. The highest BCUT2D eigenvalue weighted by molar-refractivity contribution is 6.00. The van der Waals surface area contributed by atoms with Crippen LogP contribution in [0.2, 0.25) is 0 Å². The fourth-order valence-corrected chi connectivity index (χ4v) is 3.67. The molecule has 2 aromatic rings. The Labute approximate surface area is 164 Å². The molecule has 0 aromatic heterocycles. The number of rotatable bonds is 3. The monoisotopic (exact) mass is 380 g/mol. The predicted octanol–water partition coefficient (Wildman–Crippen LogP) is 2.66. The summed E-state index contributed by atoms with van der Waals surface area (Å²) in [4.78, 5) is 27.4. The Morgan fingerprint density at radius 3 is 2.68 bits per heavy atom. The van der Waals surface area contributed by atoms with Crippen LogP contribution in [-0.4, -0.2) is 49.6 Å². The molecule has 2 aliphatic rings. The molecule has 0 aliphatic carbocycles. The Balaban J connectivity index is 1.48. The summed E-state index contributed by atoms with van der Waals surface area (Å²) < 4.78 is 11.1. The van der Waals surface area contributed by atoms with E-state index in [1.165, 1.54) is 0 Å². The van der Waals surface area contributed by atoms with Crippen LogP contribution < -0.4 is 10.1 Å². The van der Waals surface area contributed by atoms with Gasteiger partial charge in [-0.1, -0.05) is 24.3 Å². The van der Waals surface area contributed by atoms with Crippen LogP contribution in [-0.2, 0) is 16.0 Å². The molecule has 2 aromatic carbocycles. The molecule has 0 spiro atoms. The van der Waals surface area contributed by atoms with Crippen LogP contribution in [0.1, 0.15) is 21.5 Å². The van der Waals surface area contributed by atoms with Crippen molar-refractivity contribution in [1.29, 1.82) is 0 Å². The largest absolute Gasteiger partial charge is 0.492 e. The van der Waals surface area contributed by atoms with Crippen molar-refractivity contribution < 1.29 is 19.1 Å². The Hall–Kier alpha value is -2.86. The summed E-state index contributed by atoms with van der Waals surface area (Å²) in [6, 6.07) is 13.2. The average molecular weight is 380 g/mol. The smallest absolute Gasteiger partial charge is 0.254 e. The third-order valence-electron chi connectivity index (χ3n) is 5.37. The standard InChI is InChI=1S/C22H24N2O4/c1-15-18(22(26)24-9-11-27-12-10-24)6-4-7-19(15)23-21(25)17-13-16-5-2-3-8-20(16)28-14-17/h2-8,17H,9-14H2,1H3,(H,23,25)/t17-/m0/s1. The summed E-state index contributed by atoms with van der Waals surface area (Å²) in [5.41, 5.74) is 3.11. The Kier molecular flexibility index (Phi) is 5.30. The number of carbonyl (C=O) groups excluding carboxylic acids is 2. The van der Waals surface area contributed by atoms with Crippen LogP contribution in [0.5, 0.6) is 5.75 Å². The lowest BCUT2D eigenvalue weighted by molar-refractivity contribution is -0.121. The van der Waals surface area contributed by atoms with Gasteiger partial charge in [0.1, 0.15) is 12.4 Å². The van der Waals surface area contributed by atoms with Crippen LogP contribution >= 0.6 is 0 Å². The molecule has 28 heavy (non-hydrogen) atoms. The third kappa shape index (κ3) is 3.73. The van der Waals surface area contributed by atoms with Crippen LogP contribution in [0.25, 0.3) is 0 Å². The molecule has 146 valence electrons. The number of hydrogen-bond donors (Lipinski definition) is 1. The number of para-hydroxylation sites is 1. The molecule has 0 bridgehead atoms. The highest BCUT2D eigenvalue weighted by Crippen LogP contribution is 2.28. The number of nitrogens with one attached hydrogen (secondary N) is 1. The van der Waals surface area contributed by atoms with Gasteiger partial charge in [0.25, 0.3) is 5.91 Å². The van der Waals surface area contributed by atoms with Gasteiger partial charge in [-0.25, -0.2) is 0 Å². The zero-order chi connectivity index (χ0) is 19.5. The fourth-order valence-electron chi connectivity index (χ4n) is 3.67. The second-order valence-electron chi connectivity index (χ2n) is 7.19. The van der Waals surface area contributed by atoms with Gasteiger partial charge in [0, 0.05) is 24.3 Å². The molecule has 1 saturated heterocycles. The van der Waals surface area contributed by atoms with Crippen molar-refractivity contribution in [1.82, 2.24) is 4.90 Å². The number of benzene rings is 2. The zero-order valence-electron chi connectivity index (χ0n) is 15.9. The summed E-state index contributed by atoms with van der Waals surface area (Å²) in [6.45, 7) is 4.53. The van der Waals surface area contributed by atoms with E-state index >= 15 is 0 Å². The van der Waals surface area contributed by atoms with Crippen LogP contribution in [0.15, 0.2) is 42.5 Å². The van der Waals surface area contributed by atoms with Gasteiger partial charge in [0.05, 0.1) is 19.1 Å². The second kappa shape index (κ2) is 8.02. The van der Waals surface area contributed by atoms with E-state index in [9.17, 15) is 9.59 Å². The van der Waals surface area contributed by atoms with Crippen molar-refractivity contribution in [2.75, 3.05) is 38.2 Å². The van der Waals surface area contributed by atoms with Gasteiger partial charge < -0.3 is 19.7 Å². The molecule has 2 aliphatic heterocycles. The first kappa shape index (κ1) is 18.5. The molecule has 0 unspecified atom stereocenters. The Morgan fingerprint density at radius 1 is 1.07 bits per heavy atom. The first-order chi connectivity index (χ1) is 13.6. The van der Waals surface area contributed by atoms with Gasteiger partial charge in [0.2, 0.25) is 5.91 Å². The van der Waals surface area contributed by atoms with E-state index in [-0.39, 0.29) is 17.7 Å². The predicted molar refractivity (Wildman–Crippen MR) is 106 cm³/mol. The molecule has 1 fully saturated rings. The van der Waals surface area contributed by atoms with Gasteiger partial charge in [0.15, 0.2) is 0 Å². The highest BCUT2D eigenvalue weighted by atomic mass is 16.5. The van der Waals surface area contributed by atoms with Crippen LogP contribution in [0.4, 0.5) is 5.69 Å². The molecular weight excluding hydrogens is 356 g/mol. The van der Waals surface area contributed by atoms with Gasteiger partial charge in [-0.15, -0.1) is 0 Å². The number of fused-ring (bicyclic) bond motifs is 1. The summed E-state index contributed by atoms with van der Waals surface area (Å²) in [5.74, 6) is 0.481. The topological polar surface area (TPSA) is 67.9 Å². The second-order valence-corrected chi connectivity index (χ2v) is 7.19. The van der Waals surface area contributed by atoms with Crippen molar-refractivity contribution in [2.24, 2.45) is 5.92 Å². The number of anilines is 1. The van der Waals surface area contributed by atoms with E-state index in [4.69, 9.17) is 9.47 Å². The van der Waals surface area contributed by atoms with E-state index in [1.807, 2.05) is 49.4 Å². The maximum Gasteiger partial charge on any atom is 0.254 e. The zero-order valence-corrected chi connectivity index (χ0v) is 15.9. The summed E-state index contributed by atoms with van der Waals surface area (Å²) >= 11 is 0. The first-order valence-corrected chi connectivity index (χ1v) is 9.61. The molecule has 0 radical (unpaired) electrons. The number of morpholine rings is 1. The fraction of sp³-hybridized carbons (Fsp3) is 0.364. The number of amides is 2. The molecule has 1 atom stereocenters. The molecule has 4 rings (SSSR count). The van der Waals surface area contributed by atoms with Crippen LogP contribution in [0.3, 0.4) is 0 Å². The SMILES string of the molecule is Cc1c(NC(=O)[C@@H]2COc3ccccc3C2)cccc1C(=O)N1CCOCC1. The first-order valence-electron chi connectivity index (χ1n) is 9.61. The lowest BCUT2D eigenvalue weighted by Crippen LogP contribution is -2.41. The maximum atomic E-state index is 12.8. The van der Waals surface area contributed by atoms with Crippen molar-refractivity contribution in [2.45, 2.75) is 13.3 Å². The lowest BCUT2D eigenvalue weighted by atomic mass is 9.95. The normalized spacial score (nSPS) is 18.8. The number of nitrogens with zero attached hydrogens (tertiary/aromatic N) is 1. The van der Waals surface area contributed by atoms with Crippen LogP contribution in [0, 0.1) is 12.8 Å². The van der Waals surface area contributed by atoms with E-state index in [2.05, 4.69) is 5.32 Å². The third-order valence-corrected chi connectivity index (χ3v) is 5.37. The quantitative estimate of drug-likeness (QED) is 0.889. The van der Waals surface area contributed by atoms with E-state index in [0.717, 1.165) is 16.9 Å². The molecular formula is C22H24N2O4. The Bertz CT molecular complexity index is 890. The van der Waals surface area contributed by atoms with E-state index in [1.54, 1.807) is 4.90 Å². The minimum atomic E-state index is -0.257. The summed E-state index contributed by atoms with van der Waals surface area (Å²) in [5, 5.41) is 2.99. The average Bonchev–Trinajstić information content (AvgIpc) is 2.75. The van der Waals surface area contributed by atoms with E-state index < -0.39 is 0 Å². The summed E-state index contributed by atoms with van der Waals surface area (Å²) in [7, 11) is 0. The molecule has 0 saturated carbocycles. The summed E-state index contributed by atoms with van der Waals surface area (Å²) in [6.07, 6.45) is 0.646. The van der Waals surface area contributed by atoms with E-state index in [0.29, 0.717) is 50.6 Å². The lowest BCUT2D eigenvalue weighted by Gasteiger charge is -2.28. The van der Waals surface area contributed by atoms with Crippen molar-refractivity contribution in [3.8, 4) is 5.75 Å². The molecule has 6 nitrogen and oxygen atoms in total. The molecule has 2 amide bonds. The molecule has 1 N–H and O–H groups in total. The van der Waals surface area contributed by atoms with Crippen molar-refractivity contribution in [3.05, 3.63) is 59.2 Å². The number of hydrogen-bond acceptors (Lipinski definition) is 4. The van der Waals surface area contributed by atoms with Crippen molar-refractivity contribution >= 4 is 17.5 Å². The number of ether oxygens (including phenoxy) is 2. The van der Waals surface area contributed by atoms with Gasteiger partial charge in [-0.2, -0.15) is 0 Å². The number of carbonyl (C=O) groups is 2. The minimum Gasteiger partial charge on any atom is -0.492 e. The molecule has 6 heteroatoms. The maximum absolute atomic E-state index is 12.8. The minimum absolute atomic E-state index is 0.0215.